The summed E-state index contributed by atoms with van der Waals surface area (Å²) in [5, 5.41) is 1.67. The fourth-order valence-electron chi connectivity index (χ4n) is 0.901. The summed E-state index contributed by atoms with van der Waals surface area (Å²) in [6.07, 6.45) is 0. The fourth-order valence-corrected chi connectivity index (χ4v) is 5.04. The van der Waals surface area contributed by atoms with Crippen LogP contribution in [0.5, 0.6) is 0 Å². The largest absolute Gasteiger partial charge is 0.0876 e. The molecule has 0 fully saturated rings. The second-order valence-corrected chi connectivity index (χ2v) is 5.95. The molecule has 1 aromatic rings. The van der Waals surface area contributed by atoms with E-state index in [9.17, 15) is 0 Å². The standard InChI is InChI=1S/C8H5Br5/c9-2-4-1-6(11)5(3-10)8(13)7(4)12/h1H,2-3H2. The molecule has 0 saturated carbocycles. The van der Waals surface area contributed by atoms with E-state index in [4.69, 9.17) is 0 Å². The van der Waals surface area contributed by atoms with Crippen molar-refractivity contribution in [2.45, 2.75) is 10.7 Å². The third-order valence-corrected chi connectivity index (χ3v) is 5.79. The monoisotopic (exact) mass is 496 g/mol. The normalized spacial score (nSPS) is 10.5. The zero-order valence-electron chi connectivity index (χ0n) is 6.38. The van der Waals surface area contributed by atoms with Crippen molar-refractivity contribution in [3.8, 4) is 0 Å². The highest BCUT2D eigenvalue weighted by Crippen LogP contribution is 2.37. The van der Waals surface area contributed by atoms with Gasteiger partial charge >= 0.3 is 0 Å². The van der Waals surface area contributed by atoms with Gasteiger partial charge in [0.15, 0.2) is 0 Å². The van der Waals surface area contributed by atoms with Crippen LogP contribution in [0.4, 0.5) is 0 Å². The van der Waals surface area contributed by atoms with Gasteiger partial charge in [-0.05, 0) is 49.1 Å². The molecule has 0 spiro atoms. The van der Waals surface area contributed by atoms with E-state index in [1.807, 2.05) is 0 Å². The summed E-state index contributed by atoms with van der Waals surface area (Å²) in [5.41, 5.74) is 2.44. The van der Waals surface area contributed by atoms with Crippen molar-refractivity contribution in [3.05, 3.63) is 30.6 Å². The van der Waals surface area contributed by atoms with Crippen LogP contribution >= 0.6 is 79.6 Å². The summed E-state index contributed by atoms with van der Waals surface area (Å²) in [5.74, 6) is 0. The molecule has 1 aromatic carbocycles. The van der Waals surface area contributed by atoms with E-state index < -0.39 is 0 Å². The van der Waals surface area contributed by atoms with Crippen molar-refractivity contribution in [2.75, 3.05) is 0 Å². The van der Waals surface area contributed by atoms with E-state index in [0.717, 1.165) is 24.1 Å². The summed E-state index contributed by atoms with van der Waals surface area (Å²) >= 11 is 17.5. The molecule has 0 N–H and O–H groups in total. The van der Waals surface area contributed by atoms with E-state index in [1.165, 1.54) is 11.1 Å². The van der Waals surface area contributed by atoms with Gasteiger partial charge in [0.05, 0.1) is 0 Å². The predicted octanol–water partition coefficient (Wildman–Crippen LogP) is 5.76. The Morgan fingerprint density at radius 1 is 0.923 bits per heavy atom. The first-order valence-corrected chi connectivity index (χ1v) is 8.01. The minimum Gasteiger partial charge on any atom is -0.0876 e. The first-order chi connectivity index (χ1) is 6.11. The van der Waals surface area contributed by atoms with Gasteiger partial charge in [-0.3, -0.25) is 0 Å². The fraction of sp³-hybridized carbons (Fsp3) is 0.250. The summed E-state index contributed by atoms with van der Waals surface area (Å²) in [4.78, 5) is 0. The van der Waals surface area contributed by atoms with Crippen LogP contribution in [-0.4, -0.2) is 0 Å². The lowest BCUT2D eigenvalue weighted by Crippen LogP contribution is -1.90. The number of rotatable bonds is 2. The first-order valence-electron chi connectivity index (χ1n) is 3.39. The average molecular weight is 501 g/mol. The van der Waals surface area contributed by atoms with Gasteiger partial charge in [0, 0.05) is 24.1 Å². The minimum atomic E-state index is 0.829. The van der Waals surface area contributed by atoms with Gasteiger partial charge in [0.25, 0.3) is 0 Å². The average Bonchev–Trinajstić information content (AvgIpc) is 2.12. The molecule has 0 amide bonds. The van der Waals surface area contributed by atoms with Gasteiger partial charge < -0.3 is 0 Å². The number of alkyl halides is 2. The van der Waals surface area contributed by atoms with Gasteiger partial charge in [-0.15, -0.1) is 0 Å². The van der Waals surface area contributed by atoms with E-state index in [-0.39, 0.29) is 0 Å². The first kappa shape index (κ1) is 12.7. The molecular weight excluding hydrogens is 496 g/mol. The molecule has 0 nitrogen and oxygen atoms in total. The molecule has 0 aliphatic heterocycles. The molecule has 0 unspecified atom stereocenters. The minimum absolute atomic E-state index is 0.829. The Morgan fingerprint density at radius 2 is 1.54 bits per heavy atom. The Balaban J connectivity index is 3.37. The Kier molecular flexibility index (Phi) is 5.50. The van der Waals surface area contributed by atoms with Crippen molar-refractivity contribution >= 4 is 79.6 Å². The van der Waals surface area contributed by atoms with Crippen LogP contribution in [-0.2, 0) is 10.7 Å². The van der Waals surface area contributed by atoms with Crippen LogP contribution in [0.15, 0.2) is 19.5 Å². The maximum absolute atomic E-state index is 3.56. The van der Waals surface area contributed by atoms with E-state index in [0.29, 0.717) is 0 Å². The predicted molar refractivity (Wildman–Crippen MR) is 74.8 cm³/mol. The molecule has 0 aliphatic rings. The van der Waals surface area contributed by atoms with Gasteiger partial charge in [-0.25, -0.2) is 0 Å². The summed E-state index contributed by atoms with van der Waals surface area (Å²) in [6, 6.07) is 2.11. The van der Waals surface area contributed by atoms with Crippen LogP contribution < -0.4 is 0 Å². The third-order valence-electron chi connectivity index (χ3n) is 1.61. The lowest BCUT2D eigenvalue weighted by Gasteiger charge is -2.10. The molecule has 0 heterocycles. The summed E-state index contributed by atoms with van der Waals surface area (Å²) in [7, 11) is 0. The third kappa shape index (κ3) is 2.80. The van der Waals surface area contributed by atoms with Crippen LogP contribution in [0.1, 0.15) is 11.1 Å². The molecule has 0 aliphatic carbocycles. The van der Waals surface area contributed by atoms with Crippen molar-refractivity contribution in [1.29, 1.82) is 0 Å². The van der Waals surface area contributed by atoms with Gasteiger partial charge in [-0.1, -0.05) is 47.8 Å². The number of benzene rings is 1. The molecule has 5 heteroatoms. The second kappa shape index (κ2) is 5.64. The number of hydrogen-bond acceptors (Lipinski definition) is 0. The van der Waals surface area contributed by atoms with Crippen molar-refractivity contribution in [3.63, 3.8) is 0 Å². The molecule has 72 valence electrons. The highest BCUT2D eigenvalue weighted by molar-refractivity contribution is 9.13. The summed E-state index contributed by atoms with van der Waals surface area (Å²) < 4.78 is 3.34. The Hall–Kier alpha value is 1.62. The lowest BCUT2D eigenvalue weighted by molar-refractivity contribution is 1.28. The van der Waals surface area contributed by atoms with Crippen molar-refractivity contribution in [1.82, 2.24) is 0 Å². The van der Waals surface area contributed by atoms with Crippen LogP contribution in [0, 0.1) is 0 Å². The Labute approximate surface area is 119 Å². The maximum Gasteiger partial charge on any atom is 0.0372 e. The highest BCUT2D eigenvalue weighted by atomic mass is 79.9. The topological polar surface area (TPSA) is 0 Å². The molecular formula is C8H5Br5. The molecule has 1 rings (SSSR count). The van der Waals surface area contributed by atoms with Crippen LogP contribution in [0.3, 0.4) is 0 Å². The Bertz CT molecular complexity index is 321. The molecule has 0 atom stereocenters. The summed E-state index contributed by atoms with van der Waals surface area (Å²) in [6.45, 7) is 0. The highest BCUT2D eigenvalue weighted by Gasteiger charge is 2.11. The maximum atomic E-state index is 3.56. The number of halogens is 5. The lowest BCUT2D eigenvalue weighted by atomic mass is 10.2. The Morgan fingerprint density at radius 3 is 2.00 bits per heavy atom. The second-order valence-electron chi connectivity index (χ2n) is 2.39. The molecule has 0 radical (unpaired) electrons. The van der Waals surface area contributed by atoms with Gasteiger partial charge in [0.1, 0.15) is 0 Å². The zero-order valence-corrected chi connectivity index (χ0v) is 14.3. The number of hydrogen-bond donors (Lipinski definition) is 0. The van der Waals surface area contributed by atoms with Crippen molar-refractivity contribution < 1.29 is 0 Å². The zero-order chi connectivity index (χ0) is 10.0. The molecule has 0 aromatic heterocycles. The van der Waals surface area contributed by atoms with E-state index in [2.05, 4.69) is 85.7 Å². The smallest absolute Gasteiger partial charge is 0.0372 e. The van der Waals surface area contributed by atoms with E-state index >= 15 is 0 Å². The molecule has 13 heavy (non-hydrogen) atoms. The SMILES string of the molecule is BrCc1cc(Br)c(CBr)c(Br)c1Br. The van der Waals surface area contributed by atoms with Crippen LogP contribution in [0.25, 0.3) is 0 Å². The van der Waals surface area contributed by atoms with Gasteiger partial charge in [0.2, 0.25) is 0 Å². The quantitative estimate of drug-likeness (QED) is 0.358. The van der Waals surface area contributed by atoms with Gasteiger partial charge in [-0.2, -0.15) is 0 Å². The molecule has 0 saturated heterocycles. The molecule has 0 bridgehead atoms. The van der Waals surface area contributed by atoms with Crippen molar-refractivity contribution in [2.24, 2.45) is 0 Å². The van der Waals surface area contributed by atoms with E-state index in [1.54, 1.807) is 0 Å². The van der Waals surface area contributed by atoms with Crippen LogP contribution in [0.2, 0.25) is 0 Å².